The van der Waals surface area contributed by atoms with Crippen molar-refractivity contribution in [1.82, 2.24) is 9.78 Å². The molecule has 5 heteroatoms. The molecule has 2 aromatic carbocycles. The second-order valence-corrected chi connectivity index (χ2v) is 6.99. The number of hydrogen-bond acceptors (Lipinski definition) is 4. The number of nitrogens with zero attached hydrogens (tertiary/aromatic N) is 3. The van der Waals surface area contributed by atoms with E-state index in [-0.39, 0.29) is 0 Å². The van der Waals surface area contributed by atoms with Crippen molar-refractivity contribution in [2.75, 3.05) is 5.32 Å². The topological polar surface area (TPSA) is 55.4 Å². The van der Waals surface area contributed by atoms with Gasteiger partial charge in [0.2, 0.25) is 0 Å². The first-order valence-electron chi connectivity index (χ1n) is 9.08. The normalized spacial score (nSPS) is 13.0. The Morgan fingerprint density at radius 1 is 1.11 bits per heavy atom. The highest BCUT2D eigenvalue weighted by Crippen LogP contribution is 2.25. The summed E-state index contributed by atoms with van der Waals surface area (Å²) in [6, 6.07) is 16.8. The lowest BCUT2D eigenvalue weighted by Gasteiger charge is -2.08. The largest absolute Gasteiger partial charge is 0.469 e. The van der Waals surface area contributed by atoms with E-state index in [1.165, 1.54) is 11.1 Å². The number of aryl methyl sites for hydroxylation is 2. The van der Waals surface area contributed by atoms with E-state index in [9.17, 15) is 0 Å². The van der Waals surface area contributed by atoms with E-state index in [2.05, 4.69) is 58.8 Å². The van der Waals surface area contributed by atoms with Crippen molar-refractivity contribution in [2.24, 2.45) is 4.99 Å². The third-order valence-electron chi connectivity index (χ3n) is 5.00. The van der Waals surface area contributed by atoms with Gasteiger partial charge in [0.05, 0.1) is 30.6 Å². The Balaban J connectivity index is 1.45. The van der Waals surface area contributed by atoms with Gasteiger partial charge in [0.25, 0.3) is 0 Å². The first-order valence-corrected chi connectivity index (χ1v) is 9.08. The summed E-state index contributed by atoms with van der Waals surface area (Å²) in [7, 11) is 0. The number of amidine groups is 1. The molecule has 134 valence electrons. The minimum Gasteiger partial charge on any atom is -0.469 e. The predicted octanol–water partition coefficient (Wildman–Crippen LogP) is 4.67. The molecule has 0 bridgehead atoms. The minimum atomic E-state index is 0.703. The van der Waals surface area contributed by atoms with E-state index in [0.717, 1.165) is 46.0 Å². The van der Waals surface area contributed by atoms with E-state index in [0.29, 0.717) is 6.54 Å². The number of aromatic nitrogens is 2. The lowest BCUT2D eigenvalue weighted by atomic mass is 10.1. The van der Waals surface area contributed by atoms with Gasteiger partial charge in [-0.2, -0.15) is 5.10 Å². The number of anilines is 1. The van der Waals surface area contributed by atoms with Crippen molar-refractivity contribution in [1.29, 1.82) is 0 Å². The van der Waals surface area contributed by atoms with Gasteiger partial charge in [0.1, 0.15) is 11.6 Å². The Bertz CT molecular complexity index is 1180. The summed E-state index contributed by atoms with van der Waals surface area (Å²) in [6.45, 7) is 5.44. The van der Waals surface area contributed by atoms with Crippen LogP contribution in [0.4, 0.5) is 5.69 Å². The van der Waals surface area contributed by atoms with Gasteiger partial charge in [-0.1, -0.05) is 24.3 Å². The van der Waals surface area contributed by atoms with Crippen molar-refractivity contribution in [2.45, 2.75) is 26.9 Å². The Hall–Kier alpha value is -3.34. The molecule has 2 aromatic heterocycles. The van der Waals surface area contributed by atoms with Crippen LogP contribution in [0.2, 0.25) is 0 Å². The van der Waals surface area contributed by atoms with Gasteiger partial charge in [-0.15, -0.1) is 0 Å². The molecule has 0 atom stereocenters. The van der Waals surface area contributed by atoms with Crippen LogP contribution in [0.3, 0.4) is 0 Å². The van der Waals surface area contributed by atoms with Crippen LogP contribution in [-0.4, -0.2) is 15.6 Å². The molecule has 0 aliphatic carbocycles. The first-order chi connectivity index (χ1) is 13.2. The lowest BCUT2D eigenvalue weighted by molar-refractivity contribution is 0.529. The molecule has 1 N–H and O–H groups in total. The molecule has 0 saturated carbocycles. The maximum atomic E-state index is 5.41. The van der Waals surface area contributed by atoms with Crippen molar-refractivity contribution in [3.63, 3.8) is 0 Å². The highest BCUT2D eigenvalue weighted by Gasteiger charge is 2.16. The quantitative estimate of drug-likeness (QED) is 0.580. The van der Waals surface area contributed by atoms with Crippen LogP contribution >= 0.6 is 0 Å². The fourth-order valence-electron chi connectivity index (χ4n) is 3.67. The molecule has 0 amide bonds. The molecule has 0 unspecified atom stereocenters. The van der Waals surface area contributed by atoms with Crippen LogP contribution in [-0.2, 0) is 13.1 Å². The summed E-state index contributed by atoms with van der Waals surface area (Å²) >= 11 is 0. The lowest BCUT2D eigenvalue weighted by Crippen LogP contribution is -2.11. The maximum absolute atomic E-state index is 5.41. The Kier molecular flexibility index (Phi) is 3.60. The van der Waals surface area contributed by atoms with Gasteiger partial charge in [0.15, 0.2) is 0 Å². The number of nitrogens with one attached hydrogen (secondary N) is 1. The van der Waals surface area contributed by atoms with E-state index < -0.39 is 0 Å². The van der Waals surface area contributed by atoms with Crippen molar-refractivity contribution in [3.8, 4) is 0 Å². The Labute approximate surface area is 157 Å². The van der Waals surface area contributed by atoms with Gasteiger partial charge in [0, 0.05) is 22.2 Å². The average molecular weight is 356 g/mol. The SMILES string of the molecule is Cc1cc(Cn2nc(C)c3cc(NC4=NCc5ccccc54)ccc32)co1. The third kappa shape index (κ3) is 2.81. The van der Waals surface area contributed by atoms with E-state index in [1.54, 1.807) is 6.26 Å². The van der Waals surface area contributed by atoms with Gasteiger partial charge in [-0.25, -0.2) is 0 Å². The van der Waals surface area contributed by atoms with E-state index in [4.69, 9.17) is 9.52 Å². The van der Waals surface area contributed by atoms with Crippen LogP contribution in [0.25, 0.3) is 10.9 Å². The molecular formula is C22H20N4O. The van der Waals surface area contributed by atoms with E-state index in [1.807, 2.05) is 18.5 Å². The second kappa shape index (κ2) is 6.13. The maximum Gasteiger partial charge on any atom is 0.133 e. The van der Waals surface area contributed by atoms with Gasteiger partial charge in [-0.3, -0.25) is 9.67 Å². The van der Waals surface area contributed by atoms with Gasteiger partial charge < -0.3 is 9.73 Å². The molecule has 0 spiro atoms. The monoisotopic (exact) mass is 356 g/mol. The summed E-state index contributed by atoms with van der Waals surface area (Å²) in [5, 5.41) is 9.34. The van der Waals surface area contributed by atoms with Gasteiger partial charge in [-0.05, 0) is 43.7 Å². The second-order valence-electron chi connectivity index (χ2n) is 6.99. The number of fused-ring (bicyclic) bond motifs is 2. The molecular weight excluding hydrogens is 336 g/mol. The summed E-state index contributed by atoms with van der Waals surface area (Å²) in [4.78, 5) is 4.64. The highest BCUT2D eigenvalue weighted by atomic mass is 16.3. The highest BCUT2D eigenvalue weighted by molar-refractivity contribution is 6.11. The number of hydrogen-bond donors (Lipinski definition) is 1. The summed E-state index contributed by atoms with van der Waals surface area (Å²) in [5.41, 5.74) is 6.73. The zero-order valence-corrected chi connectivity index (χ0v) is 15.4. The molecule has 0 saturated heterocycles. The van der Waals surface area contributed by atoms with Crippen LogP contribution in [0.5, 0.6) is 0 Å². The molecule has 1 aliphatic rings. The average Bonchev–Trinajstić information content (AvgIpc) is 3.35. The van der Waals surface area contributed by atoms with Crippen LogP contribution in [0, 0.1) is 13.8 Å². The Morgan fingerprint density at radius 2 is 2.00 bits per heavy atom. The van der Waals surface area contributed by atoms with Gasteiger partial charge >= 0.3 is 0 Å². The molecule has 0 fully saturated rings. The summed E-state index contributed by atoms with van der Waals surface area (Å²) in [6.07, 6.45) is 1.80. The fourth-order valence-corrected chi connectivity index (χ4v) is 3.67. The van der Waals surface area contributed by atoms with Crippen molar-refractivity contribution < 1.29 is 4.42 Å². The third-order valence-corrected chi connectivity index (χ3v) is 5.00. The number of rotatable bonds is 3. The summed E-state index contributed by atoms with van der Waals surface area (Å²) < 4.78 is 7.44. The number of aliphatic imine (C=N–C) groups is 1. The number of benzene rings is 2. The predicted molar refractivity (Wildman–Crippen MR) is 107 cm³/mol. The summed E-state index contributed by atoms with van der Waals surface area (Å²) in [5.74, 6) is 1.85. The molecule has 5 rings (SSSR count). The number of furan rings is 1. The molecule has 0 radical (unpaired) electrons. The molecule has 1 aliphatic heterocycles. The molecule has 4 aromatic rings. The minimum absolute atomic E-state index is 0.703. The van der Waals surface area contributed by atoms with Crippen LogP contribution in [0.15, 0.2) is 64.2 Å². The van der Waals surface area contributed by atoms with Crippen LogP contribution in [0.1, 0.15) is 28.1 Å². The van der Waals surface area contributed by atoms with Crippen molar-refractivity contribution >= 4 is 22.4 Å². The zero-order valence-electron chi connectivity index (χ0n) is 15.4. The standard InChI is InChI=1S/C22H20N4O/c1-14-9-16(13-27-14)12-26-21-8-7-18(10-20(21)15(2)25-26)24-22-19-6-4-3-5-17(19)11-23-22/h3-10,13H,11-12H2,1-2H3,(H,23,24). The smallest absolute Gasteiger partial charge is 0.133 e. The molecule has 5 nitrogen and oxygen atoms in total. The molecule has 27 heavy (non-hydrogen) atoms. The fraction of sp³-hybridized carbons (Fsp3) is 0.182. The molecule has 3 heterocycles. The first kappa shape index (κ1) is 15.9. The van der Waals surface area contributed by atoms with Crippen molar-refractivity contribution in [3.05, 3.63) is 82.9 Å². The zero-order chi connectivity index (χ0) is 18.4. The Morgan fingerprint density at radius 3 is 2.85 bits per heavy atom. The van der Waals surface area contributed by atoms with Crippen LogP contribution < -0.4 is 5.32 Å². The van der Waals surface area contributed by atoms with E-state index >= 15 is 0 Å².